The molecule has 122 valence electrons. The Labute approximate surface area is 149 Å². The molecule has 0 aliphatic carbocycles. The minimum absolute atomic E-state index is 1.19. The molecule has 4 aromatic rings. The molecule has 0 amide bonds. The highest BCUT2D eigenvalue weighted by molar-refractivity contribution is 5.96. The molecule has 1 heteroatoms. The second kappa shape index (κ2) is 6.45. The van der Waals surface area contributed by atoms with Crippen molar-refractivity contribution in [2.75, 3.05) is 11.9 Å². The highest BCUT2D eigenvalue weighted by Gasteiger charge is 2.08. The molecule has 0 unspecified atom stereocenters. The Morgan fingerprint density at radius 1 is 0.600 bits per heavy atom. The average molecular weight is 323 g/mol. The van der Waals surface area contributed by atoms with E-state index in [1.807, 2.05) is 0 Å². The van der Waals surface area contributed by atoms with Gasteiger partial charge in [-0.3, -0.25) is 0 Å². The van der Waals surface area contributed by atoms with Gasteiger partial charge in [-0.05, 0) is 41.6 Å². The number of anilines is 2. The van der Waals surface area contributed by atoms with Crippen LogP contribution in [0.25, 0.3) is 21.9 Å². The van der Waals surface area contributed by atoms with Gasteiger partial charge in [-0.25, -0.2) is 0 Å². The van der Waals surface area contributed by atoms with Gasteiger partial charge in [0.15, 0.2) is 0 Å². The molecule has 0 fully saturated rings. The number of nitrogens with zero attached hydrogens (tertiary/aromatic N) is 1. The first-order valence-corrected chi connectivity index (χ1v) is 8.61. The summed E-state index contributed by atoms with van der Waals surface area (Å²) in [5, 5.41) is 2.54. The van der Waals surface area contributed by atoms with Crippen molar-refractivity contribution in [3.05, 3.63) is 96.6 Å². The van der Waals surface area contributed by atoms with Crippen molar-refractivity contribution in [1.29, 1.82) is 0 Å². The molecule has 0 N–H and O–H groups in total. The fraction of sp³-hybridized carbons (Fsp3) is 0.0833. The molecule has 0 aliphatic rings. The Morgan fingerprint density at radius 2 is 1.20 bits per heavy atom. The zero-order chi connectivity index (χ0) is 17.2. The topological polar surface area (TPSA) is 3.24 Å². The van der Waals surface area contributed by atoms with Gasteiger partial charge in [-0.2, -0.15) is 0 Å². The number of rotatable bonds is 3. The maximum Gasteiger partial charge on any atom is 0.0487 e. The van der Waals surface area contributed by atoms with Gasteiger partial charge in [0.25, 0.3) is 0 Å². The van der Waals surface area contributed by atoms with Crippen molar-refractivity contribution in [3.8, 4) is 11.1 Å². The first kappa shape index (κ1) is 15.5. The van der Waals surface area contributed by atoms with Crippen LogP contribution in [0, 0.1) is 6.92 Å². The molecule has 0 saturated heterocycles. The summed E-state index contributed by atoms with van der Waals surface area (Å²) in [6.45, 7) is 2.12. The van der Waals surface area contributed by atoms with E-state index in [2.05, 4.69) is 110 Å². The largest absolute Gasteiger partial charge is 0.344 e. The Balaban J connectivity index is 1.68. The second-order valence-electron chi connectivity index (χ2n) is 6.47. The summed E-state index contributed by atoms with van der Waals surface area (Å²) in [5.74, 6) is 0. The lowest BCUT2D eigenvalue weighted by Crippen LogP contribution is -2.09. The van der Waals surface area contributed by atoms with Crippen molar-refractivity contribution in [2.45, 2.75) is 6.92 Å². The molecule has 0 spiro atoms. The van der Waals surface area contributed by atoms with Gasteiger partial charge in [0.1, 0.15) is 0 Å². The monoisotopic (exact) mass is 323 g/mol. The van der Waals surface area contributed by atoms with Crippen LogP contribution in [-0.4, -0.2) is 7.05 Å². The van der Waals surface area contributed by atoms with Gasteiger partial charge < -0.3 is 4.90 Å². The third-order valence-corrected chi connectivity index (χ3v) is 4.77. The molecule has 4 rings (SSSR count). The molecule has 25 heavy (non-hydrogen) atoms. The first-order chi connectivity index (χ1) is 12.2. The van der Waals surface area contributed by atoms with Crippen LogP contribution in [0.2, 0.25) is 0 Å². The highest BCUT2D eigenvalue weighted by Crippen LogP contribution is 2.32. The molecule has 0 aromatic heterocycles. The summed E-state index contributed by atoms with van der Waals surface area (Å²) in [7, 11) is 2.13. The van der Waals surface area contributed by atoms with Crippen LogP contribution in [0.4, 0.5) is 11.4 Å². The van der Waals surface area contributed by atoms with Gasteiger partial charge in [-0.15, -0.1) is 0 Å². The van der Waals surface area contributed by atoms with E-state index in [1.165, 1.54) is 38.8 Å². The highest BCUT2D eigenvalue weighted by atomic mass is 15.1. The standard InChI is InChI=1S/C24H21N/c1-18-10-12-19(13-11-18)20-14-16-22(17-15-20)25(2)24-9-5-7-21-6-3-4-8-23(21)24/h3-17H,1-2H3. The van der Waals surface area contributed by atoms with E-state index in [9.17, 15) is 0 Å². The van der Waals surface area contributed by atoms with Crippen molar-refractivity contribution in [2.24, 2.45) is 0 Å². The van der Waals surface area contributed by atoms with E-state index in [1.54, 1.807) is 0 Å². The first-order valence-electron chi connectivity index (χ1n) is 8.61. The van der Waals surface area contributed by atoms with E-state index in [-0.39, 0.29) is 0 Å². The minimum atomic E-state index is 1.19. The molecule has 1 nitrogen and oxygen atoms in total. The lowest BCUT2D eigenvalue weighted by atomic mass is 10.0. The van der Waals surface area contributed by atoms with E-state index >= 15 is 0 Å². The Kier molecular flexibility index (Phi) is 3.99. The van der Waals surface area contributed by atoms with E-state index < -0.39 is 0 Å². The number of benzene rings is 4. The van der Waals surface area contributed by atoms with Crippen molar-refractivity contribution in [3.63, 3.8) is 0 Å². The van der Waals surface area contributed by atoms with Crippen LogP contribution < -0.4 is 4.90 Å². The summed E-state index contributed by atoms with van der Waals surface area (Å²) in [6.07, 6.45) is 0. The Hall–Kier alpha value is -3.06. The molecular weight excluding hydrogens is 302 g/mol. The second-order valence-corrected chi connectivity index (χ2v) is 6.47. The summed E-state index contributed by atoms with van der Waals surface area (Å²) < 4.78 is 0. The SMILES string of the molecule is Cc1ccc(-c2ccc(N(C)c3cccc4ccccc34)cc2)cc1. The smallest absolute Gasteiger partial charge is 0.0487 e. The molecule has 0 atom stereocenters. The summed E-state index contributed by atoms with van der Waals surface area (Å²) >= 11 is 0. The molecule has 4 aromatic carbocycles. The quantitative estimate of drug-likeness (QED) is 0.411. The Bertz CT molecular complexity index is 993. The number of aryl methyl sites for hydroxylation is 1. The average Bonchev–Trinajstić information content (AvgIpc) is 2.68. The zero-order valence-corrected chi connectivity index (χ0v) is 14.6. The van der Waals surface area contributed by atoms with Crippen LogP contribution in [-0.2, 0) is 0 Å². The van der Waals surface area contributed by atoms with Gasteiger partial charge in [0, 0.05) is 23.8 Å². The lowest BCUT2D eigenvalue weighted by molar-refractivity contribution is 1.22. The summed E-state index contributed by atoms with van der Waals surface area (Å²) in [5.41, 5.74) is 6.20. The number of fused-ring (bicyclic) bond motifs is 1. The van der Waals surface area contributed by atoms with Crippen LogP contribution in [0.3, 0.4) is 0 Å². The normalized spacial score (nSPS) is 10.8. The molecular formula is C24H21N. The maximum atomic E-state index is 2.25. The number of hydrogen-bond donors (Lipinski definition) is 0. The maximum absolute atomic E-state index is 2.25. The fourth-order valence-electron chi connectivity index (χ4n) is 3.26. The third kappa shape index (κ3) is 3.01. The predicted octanol–water partition coefficient (Wildman–Crippen LogP) is 6.58. The van der Waals surface area contributed by atoms with E-state index in [4.69, 9.17) is 0 Å². The fourth-order valence-corrected chi connectivity index (χ4v) is 3.26. The van der Waals surface area contributed by atoms with Crippen LogP contribution in [0.1, 0.15) is 5.56 Å². The summed E-state index contributed by atoms with van der Waals surface area (Å²) in [4.78, 5) is 2.25. The van der Waals surface area contributed by atoms with Crippen LogP contribution in [0.15, 0.2) is 91.0 Å². The Morgan fingerprint density at radius 3 is 1.92 bits per heavy atom. The van der Waals surface area contributed by atoms with E-state index in [0.29, 0.717) is 0 Å². The lowest BCUT2D eigenvalue weighted by Gasteiger charge is -2.22. The van der Waals surface area contributed by atoms with Gasteiger partial charge in [0.05, 0.1) is 0 Å². The predicted molar refractivity (Wildman–Crippen MR) is 109 cm³/mol. The molecule has 0 radical (unpaired) electrons. The van der Waals surface area contributed by atoms with Gasteiger partial charge >= 0.3 is 0 Å². The molecule has 0 bridgehead atoms. The molecule has 0 heterocycles. The molecule has 0 aliphatic heterocycles. The van der Waals surface area contributed by atoms with Crippen LogP contribution in [0.5, 0.6) is 0 Å². The van der Waals surface area contributed by atoms with Crippen LogP contribution >= 0.6 is 0 Å². The van der Waals surface area contributed by atoms with Gasteiger partial charge in [-0.1, -0.05) is 78.4 Å². The minimum Gasteiger partial charge on any atom is -0.344 e. The third-order valence-electron chi connectivity index (χ3n) is 4.77. The van der Waals surface area contributed by atoms with Crippen molar-refractivity contribution < 1.29 is 0 Å². The zero-order valence-electron chi connectivity index (χ0n) is 14.6. The van der Waals surface area contributed by atoms with Crippen molar-refractivity contribution >= 4 is 22.1 Å². The molecule has 0 saturated carbocycles. The van der Waals surface area contributed by atoms with E-state index in [0.717, 1.165) is 0 Å². The van der Waals surface area contributed by atoms with Crippen molar-refractivity contribution in [1.82, 2.24) is 0 Å². The van der Waals surface area contributed by atoms with Gasteiger partial charge in [0.2, 0.25) is 0 Å². The number of hydrogen-bond acceptors (Lipinski definition) is 1. The summed E-state index contributed by atoms with van der Waals surface area (Å²) in [6, 6.07) is 32.4.